The van der Waals surface area contributed by atoms with E-state index in [0.717, 1.165) is 42.4 Å². The fourth-order valence-corrected chi connectivity index (χ4v) is 4.15. The molecule has 160 valence electrons. The highest BCUT2D eigenvalue weighted by Crippen LogP contribution is 2.31. The van der Waals surface area contributed by atoms with Crippen molar-refractivity contribution in [3.8, 4) is 16.9 Å². The molecule has 6 nitrogen and oxygen atoms in total. The molecule has 6 heteroatoms. The zero-order chi connectivity index (χ0) is 21.8. The molecule has 1 fully saturated rings. The molecule has 31 heavy (non-hydrogen) atoms. The predicted molar refractivity (Wildman–Crippen MR) is 119 cm³/mol. The van der Waals surface area contributed by atoms with Crippen molar-refractivity contribution in [2.45, 2.75) is 44.4 Å². The highest BCUT2D eigenvalue weighted by atomic mass is 16.5. The van der Waals surface area contributed by atoms with Crippen molar-refractivity contribution >= 4 is 5.91 Å². The third-order valence-electron chi connectivity index (χ3n) is 5.80. The van der Waals surface area contributed by atoms with E-state index in [2.05, 4.69) is 0 Å². The molecule has 1 heterocycles. The van der Waals surface area contributed by atoms with E-state index in [-0.39, 0.29) is 18.2 Å². The largest absolute Gasteiger partial charge is 0.488 e. The number of carbonyl (C=O) groups excluding carboxylic acids is 1. The Morgan fingerprint density at radius 3 is 2.65 bits per heavy atom. The van der Waals surface area contributed by atoms with Gasteiger partial charge >= 0.3 is 0 Å². The Bertz CT molecular complexity index is 1140. The van der Waals surface area contributed by atoms with Crippen LogP contribution in [-0.4, -0.2) is 21.7 Å². The van der Waals surface area contributed by atoms with Crippen molar-refractivity contribution in [3.63, 3.8) is 0 Å². The Balaban J connectivity index is 1.57. The van der Waals surface area contributed by atoms with Crippen molar-refractivity contribution in [2.75, 3.05) is 0 Å². The van der Waals surface area contributed by atoms with E-state index < -0.39 is 12.0 Å². The van der Waals surface area contributed by atoms with Gasteiger partial charge in [0.15, 0.2) is 0 Å². The molecule has 1 aliphatic rings. The lowest BCUT2D eigenvalue weighted by atomic mass is 9.92. The number of primary amides is 1. The number of para-hydroxylation sites is 1. The van der Waals surface area contributed by atoms with Crippen LogP contribution in [0.25, 0.3) is 11.1 Å². The fourth-order valence-electron chi connectivity index (χ4n) is 4.15. The third-order valence-corrected chi connectivity index (χ3v) is 5.80. The van der Waals surface area contributed by atoms with Gasteiger partial charge < -0.3 is 20.1 Å². The lowest BCUT2D eigenvalue weighted by molar-refractivity contribution is 0.0738. The van der Waals surface area contributed by atoms with Crippen LogP contribution < -0.4 is 16.0 Å². The first-order chi connectivity index (χ1) is 15.0. The maximum atomic E-state index is 12.8. The number of aliphatic hydroxyl groups is 1. The van der Waals surface area contributed by atoms with Crippen LogP contribution in [0.4, 0.5) is 0 Å². The zero-order valence-electron chi connectivity index (χ0n) is 17.2. The van der Waals surface area contributed by atoms with E-state index in [1.54, 1.807) is 35.0 Å². The number of amides is 1. The molecule has 2 aromatic carbocycles. The minimum absolute atomic E-state index is 0.132. The summed E-state index contributed by atoms with van der Waals surface area (Å²) < 4.78 is 7.66. The van der Waals surface area contributed by atoms with Crippen molar-refractivity contribution in [2.24, 2.45) is 5.73 Å². The summed E-state index contributed by atoms with van der Waals surface area (Å²) in [6.07, 6.45) is 4.84. The number of nitrogens with zero attached hydrogens (tertiary/aromatic N) is 1. The summed E-state index contributed by atoms with van der Waals surface area (Å²) in [5, 5.41) is 10.3. The summed E-state index contributed by atoms with van der Waals surface area (Å²) in [4.78, 5) is 24.2. The number of aliphatic hydroxyl groups excluding tert-OH is 1. The molecule has 0 unspecified atom stereocenters. The van der Waals surface area contributed by atoms with E-state index in [0.29, 0.717) is 11.3 Å². The summed E-state index contributed by atoms with van der Waals surface area (Å²) in [7, 11) is 0. The van der Waals surface area contributed by atoms with Gasteiger partial charge in [-0.05, 0) is 48.2 Å². The van der Waals surface area contributed by atoms with Gasteiger partial charge in [-0.15, -0.1) is 0 Å². The van der Waals surface area contributed by atoms with E-state index in [1.807, 2.05) is 36.4 Å². The number of hydrogen-bond donors (Lipinski definition) is 2. The van der Waals surface area contributed by atoms with Crippen molar-refractivity contribution in [3.05, 3.63) is 88.3 Å². The van der Waals surface area contributed by atoms with Crippen LogP contribution in [0.5, 0.6) is 5.75 Å². The Hall–Kier alpha value is -3.38. The smallest absolute Gasteiger partial charge is 0.251 e. The van der Waals surface area contributed by atoms with Gasteiger partial charge in [-0.1, -0.05) is 43.2 Å². The van der Waals surface area contributed by atoms with Gasteiger partial charge in [0.25, 0.3) is 5.56 Å². The SMILES string of the molecule is NC(=O)c1cccc(COc2ccccc2-c2ccn([C@H]3CCCC[C@@H]3O)c(=O)c2)c1. The highest BCUT2D eigenvalue weighted by Gasteiger charge is 2.25. The number of hydrogen-bond acceptors (Lipinski definition) is 4. The van der Waals surface area contributed by atoms with Gasteiger partial charge in [-0.25, -0.2) is 0 Å². The van der Waals surface area contributed by atoms with Crippen LogP contribution in [0.3, 0.4) is 0 Å². The Labute approximate surface area is 180 Å². The first-order valence-electron chi connectivity index (χ1n) is 10.5. The standard InChI is InChI=1S/C25H26N2O4/c26-25(30)19-7-5-6-17(14-19)16-31-23-11-4-1-8-20(23)18-12-13-27(24(29)15-18)21-9-2-3-10-22(21)28/h1,4-8,11-15,21-22,28H,2-3,9-10,16H2,(H2,26,30)/t21-,22-/m0/s1. The summed E-state index contributed by atoms with van der Waals surface area (Å²) in [5.74, 6) is 0.160. The minimum atomic E-state index is -0.482. The number of pyridine rings is 1. The van der Waals surface area contributed by atoms with Crippen LogP contribution in [0.2, 0.25) is 0 Å². The van der Waals surface area contributed by atoms with Crippen LogP contribution in [0, 0.1) is 0 Å². The second-order valence-corrected chi connectivity index (χ2v) is 7.93. The topological polar surface area (TPSA) is 94.6 Å². The Morgan fingerprint density at radius 2 is 1.87 bits per heavy atom. The van der Waals surface area contributed by atoms with Crippen LogP contribution >= 0.6 is 0 Å². The summed E-state index contributed by atoms with van der Waals surface area (Å²) in [6, 6.07) is 17.8. The van der Waals surface area contributed by atoms with E-state index in [1.165, 1.54) is 0 Å². The minimum Gasteiger partial charge on any atom is -0.488 e. The summed E-state index contributed by atoms with van der Waals surface area (Å²) >= 11 is 0. The fraction of sp³-hybridized carbons (Fsp3) is 0.280. The molecule has 1 aliphatic carbocycles. The monoisotopic (exact) mass is 418 g/mol. The average Bonchev–Trinajstić information content (AvgIpc) is 2.79. The van der Waals surface area contributed by atoms with E-state index in [4.69, 9.17) is 10.5 Å². The molecule has 0 spiro atoms. The highest BCUT2D eigenvalue weighted by molar-refractivity contribution is 5.92. The number of nitrogens with two attached hydrogens (primary N) is 1. The summed E-state index contributed by atoms with van der Waals surface area (Å²) in [6.45, 7) is 0.267. The second kappa shape index (κ2) is 9.18. The Morgan fingerprint density at radius 1 is 1.06 bits per heavy atom. The molecule has 1 saturated carbocycles. The van der Waals surface area contributed by atoms with Crippen LogP contribution in [0.1, 0.15) is 47.6 Å². The number of ether oxygens (including phenoxy) is 1. The molecule has 4 rings (SSSR count). The molecule has 0 aliphatic heterocycles. The number of benzene rings is 2. The molecule has 2 atom stereocenters. The van der Waals surface area contributed by atoms with Gasteiger partial charge in [-0.2, -0.15) is 0 Å². The van der Waals surface area contributed by atoms with E-state index >= 15 is 0 Å². The lowest BCUT2D eigenvalue weighted by Gasteiger charge is -2.29. The van der Waals surface area contributed by atoms with Crippen LogP contribution in [0.15, 0.2) is 71.7 Å². The van der Waals surface area contributed by atoms with Crippen molar-refractivity contribution in [1.82, 2.24) is 4.57 Å². The maximum Gasteiger partial charge on any atom is 0.251 e. The van der Waals surface area contributed by atoms with Gasteiger partial charge in [0.2, 0.25) is 5.91 Å². The molecule has 0 saturated heterocycles. The third kappa shape index (κ3) is 4.70. The molecule has 3 aromatic rings. The molecule has 0 radical (unpaired) electrons. The lowest BCUT2D eigenvalue weighted by Crippen LogP contribution is -2.34. The van der Waals surface area contributed by atoms with Gasteiger partial charge in [0.1, 0.15) is 12.4 Å². The quantitative estimate of drug-likeness (QED) is 0.639. The molecular weight excluding hydrogens is 392 g/mol. The van der Waals surface area contributed by atoms with Gasteiger partial charge in [0, 0.05) is 23.4 Å². The molecule has 1 aromatic heterocycles. The molecule has 3 N–H and O–H groups in total. The Kier molecular flexibility index (Phi) is 6.18. The molecule has 0 bridgehead atoms. The molecule has 1 amide bonds. The normalized spacial score (nSPS) is 18.5. The average molecular weight is 418 g/mol. The zero-order valence-corrected chi connectivity index (χ0v) is 17.2. The van der Waals surface area contributed by atoms with Crippen molar-refractivity contribution < 1.29 is 14.6 Å². The predicted octanol–water partition coefficient (Wildman–Crippen LogP) is 3.67. The van der Waals surface area contributed by atoms with E-state index in [9.17, 15) is 14.7 Å². The number of aromatic nitrogens is 1. The van der Waals surface area contributed by atoms with Gasteiger partial charge in [0.05, 0.1) is 12.1 Å². The summed E-state index contributed by atoms with van der Waals surface area (Å²) in [5.41, 5.74) is 8.04. The second-order valence-electron chi connectivity index (χ2n) is 7.93. The maximum absolute atomic E-state index is 12.8. The first-order valence-corrected chi connectivity index (χ1v) is 10.5. The van der Waals surface area contributed by atoms with Gasteiger partial charge in [-0.3, -0.25) is 9.59 Å². The van der Waals surface area contributed by atoms with Crippen LogP contribution in [-0.2, 0) is 6.61 Å². The van der Waals surface area contributed by atoms with Crippen molar-refractivity contribution in [1.29, 1.82) is 0 Å². The first kappa shape index (κ1) is 20.9. The number of carbonyl (C=O) groups is 1. The molecular formula is C25H26N2O4. The number of rotatable bonds is 6.